The van der Waals surface area contributed by atoms with Crippen molar-refractivity contribution < 1.29 is 14.9 Å². The summed E-state index contributed by atoms with van der Waals surface area (Å²) in [5, 5.41) is 22.5. The molecule has 140 valence electrons. The maximum absolute atomic E-state index is 10.9. The number of ether oxygens (including phenoxy) is 1. The Hall–Kier alpha value is -2.48. The molecule has 1 saturated heterocycles. The predicted octanol–water partition coefficient (Wildman–Crippen LogP) is 1.83. The molecule has 1 aliphatic heterocycles. The molecule has 0 radical (unpaired) electrons. The minimum atomic E-state index is -0.894. The summed E-state index contributed by atoms with van der Waals surface area (Å²) in [6, 6.07) is 11.6. The highest BCUT2D eigenvalue weighted by atomic mass is 16.5. The van der Waals surface area contributed by atoms with Crippen LogP contribution in [0.25, 0.3) is 11.0 Å². The van der Waals surface area contributed by atoms with E-state index in [0.29, 0.717) is 30.9 Å². The van der Waals surface area contributed by atoms with Gasteiger partial charge in [0.25, 0.3) is 0 Å². The summed E-state index contributed by atoms with van der Waals surface area (Å²) in [4.78, 5) is 8.35. The van der Waals surface area contributed by atoms with Crippen molar-refractivity contribution in [2.75, 3.05) is 12.3 Å². The fraction of sp³-hybridized carbons (Fsp3) is 0.400. The standard InChI is InChI=1S/C20H22N4O3/c21-18-13-6-7-24(19(13)23-11-22-18)14-8-20(17(26)16(14)25)9-15(27-10-20)12-4-2-1-3-5-12/h1-7,11,14-17,25-26H,8-10H2,(H2,21,22,23)/t14-,15-,16+,17+,20-/m1/s1. The van der Waals surface area contributed by atoms with Gasteiger partial charge in [0.15, 0.2) is 0 Å². The maximum atomic E-state index is 10.9. The topological polar surface area (TPSA) is 106 Å². The zero-order valence-electron chi connectivity index (χ0n) is 14.8. The molecule has 0 amide bonds. The molecule has 2 fully saturated rings. The quantitative estimate of drug-likeness (QED) is 0.639. The summed E-state index contributed by atoms with van der Waals surface area (Å²) >= 11 is 0. The summed E-state index contributed by atoms with van der Waals surface area (Å²) in [5.74, 6) is 0.412. The molecule has 7 nitrogen and oxygen atoms in total. The van der Waals surface area contributed by atoms with Crippen LogP contribution in [0.1, 0.15) is 30.6 Å². The van der Waals surface area contributed by atoms with E-state index in [-0.39, 0.29) is 12.1 Å². The van der Waals surface area contributed by atoms with E-state index in [1.165, 1.54) is 6.33 Å². The first-order valence-electron chi connectivity index (χ1n) is 9.19. The summed E-state index contributed by atoms with van der Waals surface area (Å²) in [5.41, 5.74) is 7.24. The second kappa shape index (κ2) is 6.02. The average Bonchev–Trinajstić information content (AvgIpc) is 3.37. The largest absolute Gasteiger partial charge is 0.390 e. The van der Waals surface area contributed by atoms with Gasteiger partial charge in [-0.25, -0.2) is 9.97 Å². The van der Waals surface area contributed by atoms with Crippen LogP contribution in [-0.2, 0) is 4.74 Å². The molecule has 5 atom stereocenters. The number of nitrogens with two attached hydrogens (primary N) is 1. The first-order chi connectivity index (χ1) is 13.1. The van der Waals surface area contributed by atoms with Crippen molar-refractivity contribution in [2.24, 2.45) is 5.41 Å². The lowest BCUT2D eigenvalue weighted by Gasteiger charge is -2.26. The molecule has 1 spiro atoms. The molecular formula is C20H22N4O3. The maximum Gasteiger partial charge on any atom is 0.145 e. The zero-order valence-corrected chi connectivity index (χ0v) is 14.8. The van der Waals surface area contributed by atoms with Gasteiger partial charge in [0.05, 0.1) is 30.2 Å². The highest BCUT2D eigenvalue weighted by Crippen LogP contribution is 2.54. The van der Waals surface area contributed by atoms with Crippen LogP contribution in [-0.4, -0.2) is 43.6 Å². The molecule has 1 aliphatic carbocycles. The Morgan fingerprint density at radius 1 is 1.11 bits per heavy atom. The second-order valence-electron chi connectivity index (χ2n) is 7.70. The van der Waals surface area contributed by atoms with Crippen molar-refractivity contribution in [1.29, 1.82) is 0 Å². The smallest absolute Gasteiger partial charge is 0.145 e. The van der Waals surface area contributed by atoms with Gasteiger partial charge in [-0.1, -0.05) is 30.3 Å². The third kappa shape index (κ3) is 2.46. The Balaban J connectivity index is 1.47. The van der Waals surface area contributed by atoms with E-state index < -0.39 is 17.6 Å². The van der Waals surface area contributed by atoms with Gasteiger partial charge in [0, 0.05) is 11.6 Å². The number of aromatic nitrogens is 3. The lowest BCUT2D eigenvalue weighted by Crippen LogP contribution is -2.37. The van der Waals surface area contributed by atoms with Crippen LogP contribution in [0.4, 0.5) is 5.82 Å². The van der Waals surface area contributed by atoms with Crippen molar-refractivity contribution in [1.82, 2.24) is 14.5 Å². The van der Waals surface area contributed by atoms with Crippen molar-refractivity contribution in [3.8, 4) is 0 Å². The van der Waals surface area contributed by atoms with Gasteiger partial charge in [0.1, 0.15) is 23.9 Å². The number of aliphatic hydroxyl groups is 2. The minimum absolute atomic E-state index is 0.0637. The number of anilines is 1. The fourth-order valence-electron chi connectivity index (χ4n) is 4.74. The normalized spacial score (nSPS) is 33.3. The number of nitrogens with zero attached hydrogens (tertiary/aromatic N) is 3. The lowest BCUT2D eigenvalue weighted by molar-refractivity contribution is -0.0309. The molecule has 4 N–H and O–H groups in total. The Kier molecular flexibility index (Phi) is 3.72. The third-order valence-corrected chi connectivity index (χ3v) is 6.19. The number of hydrogen-bond donors (Lipinski definition) is 3. The highest BCUT2D eigenvalue weighted by molar-refractivity contribution is 5.86. The van der Waals surface area contributed by atoms with Crippen LogP contribution in [0.15, 0.2) is 48.9 Å². The van der Waals surface area contributed by atoms with E-state index in [2.05, 4.69) is 9.97 Å². The number of aliphatic hydroxyl groups excluding tert-OH is 2. The third-order valence-electron chi connectivity index (χ3n) is 6.19. The summed E-state index contributed by atoms with van der Waals surface area (Å²) in [6.45, 7) is 0.428. The second-order valence-corrected chi connectivity index (χ2v) is 7.70. The number of rotatable bonds is 2. The van der Waals surface area contributed by atoms with Crippen LogP contribution in [0, 0.1) is 5.41 Å². The molecule has 3 aromatic rings. The van der Waals surface area contributed by atoms with Crippen LogP contribution in [0.5, 0.6) is 0 Å². The van der Waals surface area contributed by atoms with E-state index in [9.17, 15) is 10.2 Å². The SMILES string of the molecule is Nc1ncnc2c1ccn2[C@@H]1C[C@@]2(CO[C@@H](c3ccccc3)C2)[C@@H](O)[C@H]1O. The van der Waals surface area contributed by atoms with Crippen LogP contribution >= 0.6 is 0 Å². The van der Waals surface area contributed by atoms with Gasteiger partial charge < -0.3 is 25.3 Å². The van der Waals surface area contributed by atoms with Crippen molar-refractivity contribution in [3.05, 3.63) is 54.5 Å². The molecule has 2 aromatic heterocycles. The van der Waals surface area contributed by atoms with E-state index in [4.69, 9.17) is 10.5 Å². The first-order valence-corrected chi connectivity index (χ1v) is 9.19. The molecule has 1 aromatic carbocycles. The van der Waals surface area contributed by atoms with Gasteiger partial charge in [-0.2, -0.15) is 0 Å². The van der Waals surface area contributed by atoms with Crippen molar-refractivity contribution in [3.63, 3.8) is 0 Å². The fourth-order valence-corrected chi connectivity index (χ4v) is 4.74. The van der Waals surface area contributed by atoms with Crippen molar-refractivity contribution >= 4 is 16.9 Å². The van der Waals surface area contributed by atoms with Gasteiger partial charge in [-0.3, -0.25) is 0 Å². The Bertz CT molecular complexity index is 976. The summed E-state index contributed by atoms with van der Waals surface area (Å²) in [6.07, 6.45) is 2.77. The predicted molar refractivity (Wildman–Crippen MR) is 99.8 cm³/mol. The number of fused-ring (bicyclic) bond motifs is 1. The first kappa shape index (κ1) is 16.7. The summed E-state index contributed by atoms with van der Waals surface area (Å²) < 4.78 is 7.95. The Morgan fingerprint density at radius 2 is 1.93 bits per heavy atom. The number of benzene rings is 1. The van der Waals surface area contributed by atoms with Crippen LogP contribution < -0.4 is 5.73 Å². The molecule has 0 unspecified atom stereocenters. The average molecular weight is 366 g/mol. The van der Waals surface area contributed by atoms with Crippen LogP contribution in [0.3, 0.4) is 0 Å². The van der Waals surface area contributed by atoms with E-state index in [0.717, 1.165) is 10.9 Å². The van der Waals surface area contributed by atoms with Crippen molar-refractivity contribution in [2.45, 2.75) is 37.2 Å². The van der Waals surface area contributed by atoms with Crippen LogP contribution in [0.2, 0.25) is 0 Å². The lowest BCUT2D eigenvalue weighted by atomic mass is 9.80. The van der Waals surface area contributed by atoms with E-state index >= 15 is 0 Å². The minimum Gasteiger partial charge on any atom is -0.390 e. The monoisotopic (exact) mass is 366 g/mol. The van der Waals surface area contributed by atoms with Gasteiger partial charge >= 0.3 is 0 Å². The van der Waals surface area contributed by atoms with E-state index in [1.807, 2.05) is 47.2 Å². The highest BCUT2D eigenvalue weighted by Gasteiger charge is 2.57. The number of nitrogen functional groups attached to an aromatic ring is 1. The molecule has 7 heteroatoms. The van der Waals surface area contributed by atoms with E-state index in [1.54, 1.807) is 0 Å². The molecule has 1 saturated carbocycles. The summed E-state index contributed by atoms with van der Waals surface area (Å²) in [7, 11) is 0. The number of hydrogen-bond acceptors (Lipinski definition) is 6. The van der Waals surface area contributed by atoms with Gasteiger partial charge in [-0.15, -0.1) is 0 Å². The molecule has 3 heterocycles. The van der Waals surface area contributed by atoms with Gasteiger partial charge in [-0.05, 0) is 24.5 Å². The van der Waals surface area contributed by atoms with Gasteiger partial charge in [0.2, 0.25) is 0 Å². The molecular weight excluding hydrogens is 344 g/mol. The molecule has 0 bridgehead atoms. The Morgan fingerprint density at radius 3 is 2.74 bits per heavy atom. The molecule has 2 aliphatic rings. The molecule has 27 heavy (non-hydrogen) atoms. The zero-order chi connectivity index (χ0) is 18.6. The molecule has 5 rings (SSSR count). The Labute approximate surface area is 156 Å².